The maximum absolute atomic E-state index is 5.32. The van der Waals surface area contributed by atoms with E-state index in [4.69, 9.17) is 4.74 Å². The van der Waals surface area contributed by atoms with Crippen LogP contribution in [0.1, 0.15) is 27.7 Å². The Morgan fingerprint density at radius 1 is 1.29 bits per heavy atom. The van der Waals surface area contributed by atoms with Gasteiger partial charge in [-0.25, -0.2) is 0 Å². The highest BCUT2D eigenvalue weighted by Crippen LogP contribution is 2.03. The Bertz CT molecular complexity index is 137. The average molecular weight is 202 g/mol. The van der Waals surface area contributed by atoms with E-state index in [0.717, 1.165) is 32.8 Å². The normalized spacial score (nSPS) is 12.4. The summed E-state index contributed by atoms with van der Waals surface area (Å²) in [6, 6.07) is 0. The third-order valence-corrected chi connectivity index (χ3v) is 2.14. The van der Waals surface area contributed by atoms with Crippen molar-refractivity contribution in [2.24, 2.45) is 0 Å². The Hall–Kier alpha value is -0.120. The number of likely N-dealkylation sites (N-methyl/N-ethyl adjacent to an activating group) is 2. The van der Waals surface area contributed by atoms with Gasteiger partial charge in [-0.3, -0.25) is 0 Å². The molecule has 3 nitrogen and oxygen atoms in total. The van der Waals surface area contributed by atoms with Crippen LogP contribution >= 0.6 is 0 Å². The molecule has 0 aliphatic carbocycles. The first-order valence-corrected chi connectivity index (χ1v) is 5.53. The maximum atomic E-state index is 5.32. The van der Waals surface area contributed by atoms with Gasteiger partial charge in [-0.15, -0.1) is 0 Å². The number of hydrogen-bond acceptors (Lipinski definition) is 3. The van der Waals surface area contributed by atoms with E-state index < -0.39 is 0 Å². The Morgan fingerprint density at radius 3 is 2.43 bits per heavy atom. The molecule has 0 fully saturated rings. The quantitative estimate of drug-likeness (QED) is 0.601. The molecular weight excluding hydrogens is 176 g/mol. The van der Waals surface area contributed by atoms with Gasteiger partial charge in [-0.05, 0) is 34.4 Å². The molecule has 0 aliphatic heterocycles. The van der Waals surface area contributed by atoms with Crippen LogP contribution in [-0.2, 0) is 4.74 Å². The molecule has 0 heterocycles. The van der Waals surface area contributed by atoms with Crippen LogP contribution in [-0.4, -0.2) is 50.3 Å². The fraction of sp³-hybridized carbons (Fsp3) is 1.00. The molecule has 86 valence electrons. The van der Waals surface area contributed by atoms with Gasteiger partial charge in [0, 0.05) is 25.2 Å². The third-order valence-electron chi connectivity index (χ3n) is 2.14. The third kappa shape index (κ3) is 7.30. The van der Waals surface area contributed by atoms with Crippen LogP contribution in [0.5, 0.6) is 0 Å². The minimum Gasteiger partial charge on any atom is -0.380 e. The second-order valence-corrected chi connectivity index (χ2v) is 4.35. The molecular formula is C11H26N2O. The summed E-state index contributed by atoms with van der Waals surface area (Å²) in [6.45, 7) is 13.3. The molecule has 0 rings (SSSR count). The van der Waals surface area contributed by atoms with Crippen molar-refractivity contribution < 1.29 is 4.74 Å². The van der Waals surface area contributed by atoms with Crippen molar-refractivity contribution in [3.8, 4) is 0 Å². The fourth-order valence-corrected chi connectivity index (χ4v) is 1.65. The van der Waals surface area contributed by atoms with E-state index in [0.29, 0.717) is 0 Å². The molecule has 0 amide bonds. The summed E-state index contributed by atoms with van der Waals surface area (Å²) in [4.78, 5) is 2.30. The lowest BCUT2D eigenvalue weighted by atomic mass is 10.1. The zero-order valence-electron chi connectivity index (χ0n) is 10.4. The minimum absolute atomic E-state index is 0.190. The van der Waals surface area contributed by atoms with Gasteiger partial charge in [-0.1, -0.05) is 6.92 Å². The van der Waals surface area contributed by atoms with Crippen molar-refractivity contribution in [3.63, 3.8) is 0 Å². The van der Waals surface area contributed by atoms with Crippen molar-refractivity contribution in [3.05, 3.63) is 0 Å². The standard InChI is InChI=1S/C11H26N2O/c1-6-12-11(3,4)10-13(5)8-9-14-7-2/h12H,6-10H2,1-5H3. The highest BCUT2D eigenvalue weighted by atomic mass is 16.5. The molecule has 0 aliphatic rings. The lowest BCUT2D eigenvalue weighted by Crippen LogP contribution is -2.48. The molecule has 0 atom stereocenters. The zero-order chi connectivity index (χ0) is 11.0. The number of nitrogens with zero attached hydrogens (tertiary/aromatic N) is 1. The summed E-state index contributed by atoms with van der Waals surface area (Å²) in [6.07, 6.45) is 0. The molecule has 0 aromatic carbocycles. The van der Waals surface area contributed by atoms with Crippen molar-refractivity contribution in [1.29, 1.82) is 0 Å². The highest BCUT2D eigenvalue weighted by Gasteiger charge is 2.17. The summed E-state index contributed by atoms with van der Waals surface area (Å²) in [5.74, 6) is 0. The van der Waals surface area contributed by atoms with E-state index in [2.05, 4.69) is 38.0 Å². The van der Waals surface area contributed by atoms with Gasteiger partial charge in [0.05, 0.1) is 6.61 Å². The first-order valence-electron chi connectivity index (χ1n) is 5.53. The summed E-state index contributed by atoms with van der Waals surface area (Å²) in [7, 11) is 2.14. The van der Waals surface area contributed by atoms with E-state index in [1.54, 1.807) is 0 Å². The van der Waals surface area contributed by atoms with Gasteiger partial charge in [0.2, 0.25) is 0 Å². The number of rotatable bonds is 8. The van der Waals surface area contributed by atoms with Gasteiger partial charge in [-0.2, -0.15) is 0 Å². The summed E-state index contributed by atoms with van der Waals surface area (Å²) >= 11 is 0. The van der Waals surface area contributed by atoms with E-state index >= 15 is 0 Å². The number of ether oxygens (including phenoxy) is 1. The molecule has 1 N–H and O–H groups in total. The molecule has 0 saturated carbocycles. The van der Waals surface area contributed by atoms with E-state index in [-0.39, 0.29) is 5.54 Å². The van der Waals surface area contributed by atoms with Gasteiger partial charge in [0.25, 0.3) is 0 Å². The second-order valence-electron chi connectivity index (χ2n) is 4.35. The Morgan fingerprint density at radius 2 is 1.93 bits per heavy atom. The van der Waals surface area contributed by atoms with Crippen LogP contribution in [0.25, 0.3) is 0 Å². The van der Waals surface area contributed by atoms with Crippen molar-refractivity contribution in [2.45, 2.75) is 33.2 Å². The molecule has 14 heavy (non-hydrogen) atoms. The van der Waals surface area contributed by atoms with Crippen LogP contribution in [0.15, 0.2) is 0 Å². The summed E-state index contributed by atoms with van der Waals surface area (Å²) in [5, 5.41) is 3.46. The van der Waals surface area contributed by atoms with Crippen LogP contribution in [0, 0.1) is 0 Å². The second kappa shape index (κ2) is 7.21. The Balaban J connectivity index is 3.63. The fourth-order valence-electron chi connectivity index (χ4n) is 1.65. The smallest absolute Gasteiger partial charge is 0.0593 e. The largest absolute Gasteiger partial charge is 0.380 e. The predicted molar refractivity (Wildman–Crippen MR) is 61.7 cm³/mol. The SMILES string of the molecule is CCNC(C)(C)CN(C)CCOCC. The van der Waals surface area contributed by atoms with Crippen LogP contribution in [0.3, 0.4) is 0 Å². The Kier molecular flexibility index (Phi) is 7.15. The molecule has 3 heteroatoms. The average Bonchev–Trinajstić information content (AvgIpc) is 2.03. The number of hydrogen-bond donors (Lipinski definition) is 1. The van der Waals surface area contributed by atoms with Crippen molar-refractivity contribution in [2.75, 3.05) is 39.9 Å². The van der Waals surface area contributed by atoms with Gasteiger partial charge in [0.15, 0.2) is 0 Å². The lowest BCUT2D eigenvalue weighted by Gasteiger charge is -2.31. The van der Waals surface area contributed by atoms with Crippen molar-refractivity contribution in [1.82, 2.24) is 10.2 Å². The maximum Gasteiger partial charge on any atom is 0.0593 e. The van der Waals surface area contributed by atoms with E-state index in [9.17, 15) is 0 Å². The van der Waals surface area contributed by atoms with Gasteiger partial charge in [0.1, 0.15) is 0 Å². The van der Waals surface area contributed by atoms with Crippen LogP contribution in [0.2, 0.25) is 0 Å². The first-order chi connectivity index (χ1) is 6.52. The van der Waals surface area contributed by atoms with Crippen molar-refractivity contribution >= 4 is 0 Å². The number of nitrogens with one attached hydrogen (secondary N) is 1. The predicted octanol–water partition coefficient (Wildman–Crippen LogP) is 1.34. The van der Waals surface area contributed by atoms with Gasteiger partial charge < -0.3 is 15.0 Å². The molecule has 0 spiro atoms. The van der Waals surface area contributed by atoms with Crippen LogP contribution < -0.4 is 5.32 Å². The molecule has 0 bridgehead atoms. The van der Waals surface area contributed by atoms with E-state index in [1.165, 1.54) is 0 Å². The monoisotopic (exact) mass is 202 g/mol. The summed E-state index contributed by atoms with van der Waals surface area (Å²) in [5.41, 5.74) is 0.190. The summed E-state index contributed by atoms with van der Waals surface area (Å²) < 4.78 is 5.32. The molecule has 0 aromatic heterocycles. The first kappa shape index (κ1) is 13.9. The lowest BCUT2D eigenvalue weighted by molar-refractivity contribution is 0.113. The minimum atomic E-state index is 0.190. The van der Waals surface area contributed by atoms with E-state index in [1.807, 2.05) is 6.92 Å². The molecule has 0 saturated heterocycles. The topological polar surface area (TPSA) is 24.5 Å². The molecule has 0 radical (unpaired) electrons. The highest BCUT2D eigenvalue weighted by molar-refractivity contribution is 4.79. The molecule has 0 aromatic rings. The van der Waals surface area contributed by atoms with Gasteiger partial charge >= 0.3 is 0 Å². The molecule has 0 unspecified atom stereocenters. The zero-order valence-corrected chi connectivity index (χ0v) is 10.4. The Labute approximate surface area is 88.8 Å². The van der Waals surface area contributed by atoms with Crippen LogP contribution in [0.4, 0.5) is 0 Å².